The molecule has 0 saturated carbocycles. The molecule has 0 unspecified atom stereocenters. The normalized spacial score (nSPS) is 10.3. The molecule has 0 heterocycles. The maximum atomic E-state index is 9.81. The van der Waals surface area contributed by atoms with E-state index in [0.717, 1.165) is 6.08 Å². The van der Waals surface area contributed by atoms with Gasteiger partial charge in [-0.2, -0.15) is 5.48 Å². The minimum Gasteiger partial charge on any atom is -0.478 e. The summed E-state index contributed by atoms with van der Waals surface area (Å²) in [6, 6.07) is 0. The minimum absolute atomic E-state index is 0.406. The molecule has 9 heavy (non-hydrogen) atoms. The summed E-state index contributed by atoms with van der Waals surface area (Å²) >= 11 is 0. The number of carbonyl (C=O) groups is 1. The fourth-order valence-electron chi connectivity index (χ4n) is 0.291. The first kappa shape index (κ1) is 8.13. The lowest BCUT2D eigenvalue weighted by molar-refractivity contribution is -0.131. The smallest absolute Gasteiger partial charge is 0.328 e. The topological polar surface area (TPSA) is 58.6 Å². The van der Waals surface area contributed by atoms with Crippen LogP contribution in [0.15, 0.2) is 12.2 Å². The van der Waals surface area contributed by atoms with E-state index in [2.05, 4.69) is 10.3 Å². The van der Waals surface area contributed by atoms with E-state index in [9.17, 15) is 4.79 Å². The van der Waals surface area contributed by atoms with Crippen LogP contribution in [0, 0.1) is 0 Å². The van der Waals surface area contributed by atoms with Crippen LogP contribution in [0.25, 0.3) is 0 Å². The summed E-state index contributed by atoms with van der Waals surface area (Å²) < 4.78 is 0. The predicted octanol–water partition coefficient (Wildman–Crippen LogP) is -0.222. The van der Waals surface area contributed by atoms with Crippen LogP contribution in [-0.2, 0) is 9.63 Å². The van der Waals surface area contributed by atoms with Crippen molar-refractivity contribution in [3.8, 4) is 0 Å². The lowest BCUT2D eigenvalue weighted by Crippen LogP contribution is -2.10. The van der Waals surface area contributed by atoms with Crippen molar-refractivity contribution in [2.45, 2.75) is 0 Å². The SMILES string of the molecule is CONC/C=C/C(=O)O. The number of nitrogens with one attached hydrogen (secondary N) is 1. The van der Waals surface area contributed by atoms with E-state index < -0.39 is 5.97 Å². The van der Waals surface area contributed by atoms with Gasteiger partial charge in [-0.1, -0.05) is 6.08 Å². The van der Waals surface area contributed by atoms with Crippen molar-refractivity contribution in [2.24, 2.45) is 0 Å². The quantitative estimate of drug-likeness (QED) is 0.314. The van der Waals surface area contributed by atoms with Crippen molar-refractivity contribution in [1.82, 2.24) is 5.48 Å². The van der Waals surface area contributed by atoms with Crippen molar-refractivity contribution >= 4 is 5.97 Å². The van der Waals surface area contributed by atoms with Crippen LogP contribution in [0.2, 0.25) is 0 Å². The number of hydrogen-bond acceptors (Lipinski definition) is 3. The molecule has 0 aromatic rings. The zero-order valence-corrected chi connectivity index (χ0v) is 5.13. The summed E-state index contributed by atoms with van der Waals surface area (Å²) in [5.41, 5.74) is 2.45. The molecule has 0 aliphatic rings. The summed E-state index contributed by atoms with van der Waals surface area (Å²) in [5.74, 6) is -0.951. The highest BCUT2D eigenvalue weighted by Gasteiger charge is 1.82. The average Bonchev–Trinajstić information content (AvgIpc) is 1.80. The molecule has 0 amide bonds. The Balaban J connectivity index is 3.15. The van der Waals surface area contributed by atoms with Crippen LogP contribution in [-0.4, -0.2) is 24.7 Å². The fourth-order valence-corrected chi connectivity index (χ4v) is 0.291. The van der Waals surface area contributed by atoms with Gasteiger partial charge in [0.2, 0.25) is 0 Å². The Kier molecular flexibility index (Phi) is 4.76. The molecule has 0 rings (SSSR count). The number of rotatable bonds is 4. The van der Waals surface area contributed by atoms with Crippen molar-refractivity contribution in [2.75, 3.05) is 13.7 Å². The third kappa shape index (κ3) is 7.13. The standard InChI is InChI=1S/C5H9NO3/c1-9-6-4-2-3-5(7)8/h2-3,6H,4H2,1H3,(H,7,8)/b3-2+. The van der Waals surface area contributed by atoms with Crippen LogP contribution in [0.1, 0.15) is 0 Å². The van der Waals surface area contributed by atoms with Crippen LogP contribution in [0.4, 0.5) is 0 Å². The van der Waals surface area contributed by atoms with Crippen LogP contribution in [0.5, 0.6) is 0 Å². The first-order valence-electron chi connectivity index (χ1n) is 2.42. The number of aliphatic carboxylic acids is 1. The number of carboxylic acids is 1. The second-order valence-corrected chi connectivity index (χ2v) is 1.29. The van der Waals surface area contributed by atoms with Gasteiger partial charge in [-0.25, -0.2) is 4.79 Å². The van der Waals surface area contributed by atoms with Gasteiger partial charge in [0.1, 0.15) is 0 Å². The lowest BCUT2D eigenvalue weighted by Gasteiger charge is -1.91. The van der Waals surface area contributed by atoms with Gasteiger partial charge in [-0.15, -0.1) is 0 Å². The van der Waals surface area contributed by atoms with Gasteiger partial charge in [0.15, 0.2) is 0 Å². The molecule has 0 radical (unpaired) electrons. The highest BCUT2D eigenvalue weighted by atomic mass is 16.6. The fraction of sp³-hybridized carbons (Fsp3) is 0.400. The first-order chi connectivity index (χ1) is 4.27. The van der Waals surface area contributed by atoms with E-state index in [-0.39, 0.29) is 0 Å². The molecule has 0 aromatic carbocycles. The molecule has 0 atom stereocenters. The maximum absolute atomic E-state index is 9.81. The van der Waals surface area contributed by atoms with E-state index in [1.807, 2.05) is 0 Å². The summed E-state index contributed by atoms with van der Waals surface area (Å²) in [7, 11) is 1.47. The Morgan fingerprint density at radius 2 is 2.56 bits per heavy atom. The van der Waals surface area contributed by atoms with E-state index in [4.69, 9.17) is 5.11 Å². The van der Waals surface area contributed by atoms with Gasteiger partial charge >= 0.3 is 5.97 Å². The van der Waals surface area contributed by atoms with Crippen LogP contribution in [0.3, 0.4) is 0 Å². The Labute approximate surface area is 53.1 Å². The lowest BCUT2D eigenvalue weighted by atomic mass is 10.5. The Morgan fingerprint density at radius 3 is 3.00 bits per heavy atom. The van der Waals surface area contributed by atoms with E-state index in [0.29, 0.717) is 6.54 Å². The molecule has 0 aliphatic heterocycles. The number of carboxylic acid groups (broad SMARTS) is 1. The molecular formula is C5H9NO3. The number of hydrogen-bond donors (Lipinski definition) is 2. The van der Waals surface area contributed by atoms with E-state index in [1.54, 1.807) is 0 Å². The second kappa shape index (κ2) is 5.27. The molecule has 52 valence electrons. The molecular weight excluding hydrogens is 122 g/mol. The van der Waals surface area contributed by atoms with E-state index in [1.165, 1.54) is 13.2 Å². The molecule has 0 fully saturated rings. The Bertz CT molecular complexity index is 111. The van der Waals surface area contributed by atoms with Gasteiger partial charge in [0.25, 0.3) is 0 Å². The van der Waals surface area contributed by atoms with Gasteiger partial charge in [-0.05, 0) is 0 Å². The molecule has 2 N–H and O–H groups in total. The van der Waals surface area contributed by atoms with Gasteiger partial charge in [-0.3, -0.25) is 0 Å². The third-order valence-electron chi connectivity index (χ3n) is 0.606. The molecule has 0 saturated heterocycles. The summed E-state index contributed by atoms with van der Waals surface area (Å²) in [5, 5.41) is 8.06. The monoisotopic (exact) mass is 131 g/mol. The van der Waals surface area contributed by atoms with Crippen LogP contribution < -0.4 is 5.48 Å². The molecule has 4 heteroatoms. The summed E-state index contributed by atoms with van der Waals surface area (Å²) in [4.78, 5) is 14.2. The zero-order valence-electron chi connectivity index (χ0n) is 5.13. The molecule has 0 aliphatic carbocycles. The van der Waals surface area contributed by atoms with Crippen molar-refractivity contribution in [1.29, 1.82) is 0 Å². The molecule has 4 nitrogen and oxygen atoms in total. The summed E-state index contributed by atoms with van der Waals surface area (Å²) in [6.07, 6.45) is 2.50. The summed E-state index contributed by atoms with van der Waals surface area (Å²) in [6.45, 7) is 0.406. The van der Waals surface area contributed by atoms with Crippen molar-refractivity contribution in [3.05, 3.63) is 12.2 Å². The highest BCUT2D eigenvalue weighted by Crippen LogP contribution is 1.69. The van der Waals surface area contributed by atoms with E-state index >= 15 is 0 Å². The Morgan fingerprint density at radius 1 is 1.89 bits per heavy atom. The first-order valence-corrected chi connectivity index (χ1v) is 2.42. The molecule has 0 aromatic heterocycles. The van der Waals surface area contributed by atoms with Gasteiger partial charge in [0.05, 0.1) is 7.11 Å². The largest absolute Gasteiger partial charge is 0.478 e. The van der Waals surface area contributed by atoms with Gasteiger partial charge < -0.3 is 9.94 Å². The Hall–Kier alpha value is -0.870. The maximum Gasteiger partial charge on any atom is 0.328 e. The van der Waals surface area contributed by atoms with Crippen LogP contribution >= 0.6 is 0 Å². The average molecular weight is 131 g/mol. The van der Waals surface area contributed by atoms with Crippen molar-refractivity contribution < 1.29 is 14.7 Å². The number of hydroxylamine groups is 1. The molecule has 0 bridgehead atoms. The second-order valence-electron chi connectivity index (χ2n) is 1.29. The highest BCUT2D eigenvalue weighted by molar-refractivity contribution is 5.79. The van der Waals surface area contributed by atoms with Gasteiger partial charge in [0, 0.05) is 12.6 Å². The zero-order chi connectivity index (χ0) is 7.11. The molecule has 0 spiro atoms. The minimum atomic E-state index is -0.951. The third-order valence-corrected chi connectivity index (χ3v) is 0.606. The predicted molar refractivity (Wildman–Crippen MR) is 31.8 cm³/mol. The van der Waals surface area contributed by atoms with Crippen molar-refractivity contribution in [3.63, 3.8) is 0 Å².